The number of nitrogens with one attached hydrogen (secondary N) is 1. The van der Waals surface area contributed by atoms with E-state index in [-0.39, 0.29) is 18.4 Å². The number of hydrogen-bond acceptors (Lipinski definition) is 3. The maximum atomic E-state index is 11.6. The van der Waals surface area contributed by atoms with Crippen LogP contribution in [0.3, 0.4) is 0 Å². The quantitative estimate of drug-likeness (QED) is 0.727. The van der Waals surface area contributed by atoms with Crippen molar-refractivity contribution in [2.45, 2.75) is 32.2 Å². The summed E-state index contributed by atoms with van der Waals surface area (Å²) in [5.41, 5.74) is 0. The molecule has 1 aromatic rings. The van der Waals surface area contributed by atoms with Gasteiger partial charge in [0.05, 0.1) is 12.7 Å². The third-order valence-corrected chi connectivity index (χ3v) is 2.35. The molecule has 0 bridgehead atoms. The molecule has 18 heavy (non-hydrogen) atoms. The fraction of sp³-hybridized carbons (Fsp3) is 0.385. The van der Waals surface area contributed by atoms with Crippen LogP contribution in [0, 0.1) is 0 Å². The number of carbonyl (C=O) groups excluding carboxylic acids is 1. The lowest BCUT2D eigenvalue weighted by atomic mass is 10.1. The third kappa shape index (κ3) is 5.34. The molecule has 1 rings (SSSR count). The average Bonchev–Trinajstić information content (AvgIpc) is 2.78. The second-order valence-electron chi connectivity index (χ2n) is 3.94. The molecule has 5 heteroatoms. The molecule has 0 aliphatic carbocycles. The minimum atomic E-state index is -0.913. The first-order valence-electron chi connectivity index (χ1n) is 5.85. The lowest BCUT2D eigenvalue weighted by molar-refractivity contribution is -0.137. The molecule has 0 saturated carbocycles. The van der Waals surface area contributed by atoms with E-state index < -0.39 is 5.97 Å². The Kier molecular flexibility index (Phi) is 5.70. The van der Waals surface area contributed by atoms with Gasteiger partial charge in [0.1, 0.15) is 5.76 Å². The normalized spacial score (nSPS) is 12.5. The fourth-order valence-electron chi connectivity index (χ4n) is 1.58. The van der Waals surface area contributed by atoms with Crippen LogP contribution >= 0.6 is 0 Å². The van der Waals surface area contributed by atoms with E-state index in [4.69, 9.17) is 9.52 Å². The Morgan fingerprint density at radius 3 is 2.89 bits per heavy atom. The van der Waals surface area contributed by atoms with Gasteiger partial charge in [-0.05, 0) is 24.6 Å². The predicted octanol–water partition coefficient (Wildman–Crippen LogP) is 2.05. The number of furan rings is 1. The molecule has 0 saturated heterocycles. The summed E-state index contributed by atoms with van der Waals surface area (Å²) in [5, 5.41) is 11.4. The summed E-state index contributed by atoms with van der Waals surface area (Å²) in [4.78, 5) is 22.2. The van der Waals surface area contributed by atoms with Crippen LogP contribution in [-0.4, -0.2) is 23.0 Å². The summed E-state index contributed by atoms with van der Waals surface area (Å²) < 4.78 is 5.04. The Bertz CT molecular complexity index is 409. The van der Waals surface area contributed by atoms with Crippen molar-refractivity contribution in [1.29, 1.82) is 0 Å². The van der Waals surface area contributed by atoms with Gasteiger partial charge in [0, 0.05) is 12.1 Å². The van der Waals surface area contributed by atoms with Crippen LogP contribution in [0.15, 0.2) is 28.9 Å². The predicted molar refractivity (Wildman–Crippen MR) is 66.8 cm³/mol. The maximum absolute atomic E-state index is 11.6. The largest absolute Gasteiger partial charge is 0.481 e. The van der Waals surface area contributed by atoms with Crippen LogP contribution in [0.1, 0.15) is 31.9 Å². The van der Waals surface area contributed by atoms with E-state index in [1.54, 1.807) is 18.2 Å². The molecular formula is C13H17NO4. The van der Waals surface area contributed by atoms with Gasteiger partial charge in [0.15, 0.2) is 0 Å². The molecule has 98 valence electrons. The van der Waals surface area contributed by atoms with Crippen LogP contribution in [0.2, 0.25) is 0 Å². The van der Waals surface area contributed by atoms with Gasteiger partial charge < -0.3 is 14.8 Å². The zero-order chi connectivity index (χ0) is 13.4. The highest BCUT2D eigenvalue weighted by Gasteiger charge is 2.13. The molecule has 0 aliphatic rings. The van der Waals surface area contributed by atoms with E-state index in [1.807, 2.05) is 6.92 Å². The van der Waals surface area contributed by atoms with Crippen molar-refractivity contribution in [3.8, 4) is 0 Å². The Balaban J connectivity index is 2.47. The number of hydrogen-bond donors (Lipinski definition) is 2. The first kappa shape index (κ1) is 14.0. The van der Waals surface area contributed by atoms with Crippen LogP contribution in [0.5, 0.6) is 0 Å². The zero-order valence-corrected chi connectivity index (χ0v) is 10.3. The zero-order valence-electron chi connectivity index (χ0n) is 10.3. The lowest BCUT2D eigenvalue weighted by Crippen LogP contribution is -2.35. The van der Waals surface area contributed by atoms with Gasteiger partial charge in [0.2, 0.25) is 5.91 Å². The first-order valence-corrected chi connectivity index (χ1v) is 5.85. The van der Waals surface area contributed by atoms with Crippen LogP contribution < -0.4 is 5.32 Å². The topological polar surface area (TPSA) is 79.5 Å². The van der Waals surface area contributed by atoms with Gasteiger partial charge in [-0.15, -0.1) is 0 Å². The molecule has 2 N–H and O–H groups in total. The lowest BCUT2D eigenvalue weighted by Gasteiger charge is -2.14. The average molecular weight is 251 g/mol. The molecule has 1 atom stereocenters. The van der Waals surface area contributed by atoms with Gasteiger partial charge in [-0.1, -0.05) is 13.3 Å². The van der Waals surface area contributed by atoms with Crippen LogP contribution in [0.4, 0.5) is 0 Å². The van der Waals surface area contributed by atoms with Crippen molar-refractivity contribution >= 4 is 18.0 Å². The van der Waals surface area contributed by atoms with Gasteiger partial charge >= 0.3 is 5.97 Å². The van der Waals surface area contributed by atoms with E-state index >= 15 is 0 Å². The van der Waals surface area contributed by atoms with Crippen molar-refractivity contribution in [2.75, 3.05) is 0 Å². The standard InChI is InChI=1S/C13H17NO4/c1-2-4-10(9-13(16)17)14-12(15)7-6-11-5-3-8-18-11/h3,5-8,10H,2,4,9H2,1H3,(H,14,15)(H,16,17)/b7-6+. The summed E-state index contributed by atoms with van der Waals surface area (Å²) in [6.45, 7) is 1.94. The molecule has 1 amide bonds. The first-order chi connectivity index (χ1) is 8.61. The Morgan fingerprint density at radius 2 is 2.33 bits per heavy atom. The molecule has 1 unspecified atom stereocenters. The van der Waals surface area contributed by atoms with Crippen molar-refractivity contribution in [3.63, 3.8) is 0 Å². The third-order valence-electron chi connectivity index (χ3n) is 2.35. The molecule has 0 spiro atoms. The van der Waals surface area contributed by atoms with Gasteiger partial charge in [-0.25, -0.2) is 0 Å². The second-order valence-corrected chi connectivity index (χ2v) is 3.94. The van der Waals surface area contributed by atoms with E-state index in [0.29, 0.717) is 12.2 Å². The molecule has 0 fully saturated rings. The molecule has 0 aliphatic heterocycles. The number of carboxylic acids is 1. The van der Waals surface area contributed by atoms with E-state index in [0.717, 1.165) is 6.42 Å². The van der Waals surface area contributed by atoms with E-state index in [9.17, 15) is 9.59 Å². The van der Waals surface area contributed by atoms with Crippen molar-refractivity contribution < 1.29 is 19.1 Å². The number of aliphatic carboxylic acids is 1. The fourth-order valence-corrected chi connectivity index (χ4v) is 1.58. The van der Waals surface area contributed by atoms with Gasteiger partial charge in [-0.2, -0.15) is 0 Å². The summed E-state index contributed by atoms with van der Waals surface area (Å²) in [6.07, 6.45) is 5.80. The van der Waals surface area contributed by atoms with E-state index in [2.05, 4.69) is 5.32 Å². The minimum Gasteiger partial charge on any atom is -0.481 e. The Labute approximate surface area is 105 Å². The maximum Gasteiger partial charge on any atom is 0.305 e. The molecule has 0 aromatic carbocycles. The number of rotatable bonds is 7. The number of carboxylic acid groups (broad SMARTS) is 1. The van der Waals surface area contributed by atoms with Crippen molar-refractivity contribution in [1.82, 2.24) is 5.32 Å². The highest BCUT2D eigenvalue weighted by molar-refractivity contribution is 5.91. The highest BCUT2D eigenvalue weighted by Crippen LogP contribution is 2.04. The van der Waals surface area contributed by atoms with E-state index in [1.165, 1.54) is 12.3 Å². The van der Waals surface area contributed by atoms with Crippen molar-refractivity contribution in [3.05, 3.63) is 30.2 Å². The summed E-state index contributed by atoms with van der Waals surface area (Å²) in [6, 6.07) is 3.12. The van der Waals surface area contributed by atoms with Crippen LogP contribution in [0.25, 0.3) is 6.08 Å². The Morgan fingerprint density at radius 1 is 1.56 bits per heavy atom. The SMILES string of the molecule is CCCC(CC(=O)O)NC(=O)/C=C/c1ccco1. The smallest absolute Gasteiger partial charge is 0.305 e. The molecule has 1 heterocycles. The molecule has 1 aromatic heterocycles. The minimum absolute atomic E-state index is 0.0613. The molecule has 5 nitrogen and oxygen atoms in total. The van der Waals surface area contributed by atoms with Crippen LogP contribution in [-0.2, 0) is 9.59 Å². The summed E-state index contributed by atoms with van der Waals surface area (Å²) in [5.74, 6) is -0.648. The van der Waals surface area contributed by atoms with Crippen molar-refractivity contribution in [2.24, 2.45) is 0 Å². The summed E-state index contributed by atoms with van der Waals surface area (Å²) in [7, 11) is 0. The monoisotopic (exact) mass is 251 g/mol. The summed E-state index contributed by atoms with van der Waals surface area (Å²) >= 11 is 0. The van der Waals surface area contributed by atoms with Gasteiger partial charge in [0.25, 0.3) is 0 Å². The molecule has 0 radical (unpaired) electrons. The number of amides is 1. The molecular weight excluding hydrogens is 234 g/mol. The Hall–Kier alpha value is -2.04. The number of carbonyl (C=O) groups is 2. The van der Waals surface area contributed by atoms with Gasteiger partial charge in [-0.3, -0.25) is 9.59 Å². The highest BCUT2D eigenvalue weighted by atomic mass is 16.4. The second kappa shape index (κ2) is 7.32.